The van der Waals surface area contributed by atoms with Gasteiger partial charge in [0.2, 0.25) is 0 Å². The van der Waals surface area contributed by atoms with Gasteiger partial charge < -0.3 is 19.6 Å². The van der Waals surface area contributed by atoms with Gasteiger partial charge in [0.25, 0.3) is 5.91 Å². The van der Waals surface area contributed by atoms with Crippen molar-refractivity contribution in [2.24, 2.45) is 11.3 Å². The molecule has 3 heterocycles. The number of carbonyl (C=O) groups excluding carboxylic acids is 1. The van der Waals surface area contributed by atoms with Crippen molar-refractivity contribution < 1.29 is 19.4 Å². The fraction of sp³-hybridized carbons (Fsp3) is 0.452. The number of carboxylic acid groups (broad SMARTS) is 1. The fourth-order valence-electron chi connectivity index (χ4n) is 5.84. The molecule has 1 aromatic heterocycles. The molecule has 3 aliphatic rings. The number of ether oxygens (including phenoxy) is 1. The van der Waals surface area contributed by atoms with E-state index in [0.29, 0.717) is 6.61 Å². The second kappa shape index (κ2) is 10.3. The highest BCUT2D eigenvalue weighted by molar-refractivity contribution is 7.14. The first-order valence-corrected chi connectivity index (χ1v) is 14.8. The second-order valence-electron chi connectivity index (χ2n) is 11.4. The average Bonchev–Trinajstić information content (AvgIpc) is 3.57. The van der Waals surface area contributed by atoms with E-state index in [1.165, 1.54) is 6.42 Å². The highest BCUT2D eigenvalue weighted by Gasteiger charge is 2.59. The fourth-order valence-corrected chi connectivity index (χ4v) is 6.69. The number of hydrogen-bond donors (Lipinski definition) is 1. The third kappa shape index (κ3) is 5.02. The summed E-state index contributed by atoms with van der Waals surface area (Å²) in [5.41, 5.74) is 5.30. The van der Waals surface area contributed by atoms with Crippen LogP contribution in [-0.4, -0.2) is 53.0 Å². The molecular weight excluding hydrogens is 510 g/mol. The number of rotatable bonds is 8. The molecule has 7 nitrogen and oxygen atoms in total. The molecule has 1 aliphatic carbocycles. The van der Waals surface area contributed by atoms with Crippen LogP contribution in [0.1, 0.15) is 59.2 Å². The molecule has 8 heteroatoms. The van der Waals surface area contributed by atoms with Gasteiger partial charge in [-0.25, -0.2) is 4.98 Å². The van der Waals surface area contributed by atoms with Crippen molar-refractivity contribution in [2.45, 2.75) is 52.6 Å². The molecule has 0 radical (unpaired) electrons. The van der Waals surface area contributed by atoms with E-state index in [9.17, 15) is 14.7 Å². The lowest BCUT2D eigenvalue weighted by Gasteiger charge is -2.42. The van der Waals surface area contributed by atoms with Gasteiger partial charge in [-0.15, -0.1) is 11.3 Å². The third-order valence-corrected chi connectivity index (χ3v) is 9.57. The van der Waals surface area contributed by atoms with Gasteiger partial charge in [-0.1, -0.05) is 17.7 Å². The Morgan fingerprint density at radius 2 is 1.85 bits per heavy atom. The summed E-state index contributed by atoms with van der Waals surface area (Å²) in [6, 6.07) is 12.0. The van der Waals surface area contributed by atoms with Gasteiger partial charge in [0.1, 0.15) is 12.4 Å². The Balaban J connectivity index is 1.13. The summed E-state index contributed by atoms with van der Waals surface area (Å²) in [6.45, 7) is 7.70. The number of benzene rings is 2. The number of nitrogens with zero attached hydrogens (tertiary/aromatic N) is 3. The number of amides is 1. The lowest BCUT2D eigenvalue weighted by molar-refractivity contribution is -0.146. The summed E-state index contributed by atoms with van der Waals surface area (Å²) in [4.78, 5) is 33.6. The Bertz CT molecular complexity index is 1400. The second-order valence-corrected chi connectivity index (χ2v) is 12.2. The van der Waals surface area contributed by atoms with E-state index in [4.69, 9.17) is 9.72 Å². The van der Waals surface area contributed by atoms with E-state index < -0.39 is 11.4 Å². The summed E-state index contributed by atoms with van der Waals surface area (Å²) < 4.78 is 6.33. The highest BCUT2D eigenvalue weighted by Crippen LogP contribution is 2.55. The Hall–Kier alpha value is -3.39. The molecule has 1 N–H and O–H groups in total. The van der Waals surface area contributed by atoms with Crippen LogP contribution in [0, 0.1) is 25.2 Å². The first-order chi connectivity index (χ1) is 18.8. The number of aliphatic carboxylic acids is 1. The van der Waals surface area contributed by atoms with Crippen LogP contribution in [0.5, 0.6) is 5.75 Å². The first-order valence-electron chi connectivity index (χ1n) is 13.9. The number of carbonyl (C=O) groups is 2. The smallest absolute Gasteiger partial charge is 0.310 e. The molecule has 3 fully saturated rings. The van der Waals surface area contributed by atoms with Crippen LogP contribution in [0.25, 0.3) is 11.3 Å². The van der Waals surface area contributed by atoms with Crippen molar-refractivity contribution in [2.75, 3.05) is 31.1 Å². The van der Waals surface area contributed by atoms with Crippen LogP contribution in [0.3, 0.4) is 0 Å². The van der Waals surface area contributed by atoms with Crippen molar-refractivity contribution in [1.82, 2.24) is 9.88 Å². The SMILES string of the molecule is Cc1ccc(OCc2ccc(C(=O)N3CCCCC3)cc2C)c(-c2csc(N3CC(C4(C(=O)O)CC4)C3)n2)c1. The van der Waals surface area contributed by atoms with Crippen molar-refractivity contribution >= 4 is 28.3 Å². The Morgan fingerprint density at radius 1 is 1.08 bits per heavy atom. The van der Waals surface area contributed by atoms with Crippen LogP contribution in [-0.2, 0) is 11.4 Å². The van der Waals surface area contributed by atoms with Crippen molar-refractivity contribution in [3.63, 3.8) is 0 Å². The predicted molar refractivity (Wildman–Crippen MR) is 153 cm³/mol. The van der Waals surface area contributed by atoms with Gasteiger partial charge in [-0.3, -0.25) is 9.59 Å². The molecule has 39 heavy (non-hydrogen) atoms. The molecule has 2 aromatic carbocycles. The maximum absolute atomic E-state index is 12.9. The first kappa shape index (κ1) is 25.9. The number of carboxylic acids is 1. The number of thiazole rings is 1. The minimum atomic E-state index is -0.646. The van der Waals surface area contributed by atoms with Crippen molar-refractivity contribution in [3.05, 3.63) is 64.0 Å². The molecule has 0 bridgehead atoms. The van der Waals surface area contributed by atoms with Crippen LogP contribution in [0.15, 0.2) is 41.8 Å². The molecule has 1 amide bonds. The van der Waals surface area contributed by atoms with Crippen LogP contribution >= 0.6 is 11.3 Å². The zero-order chi connectivity index (χ0) is 27.1. The molecule has 0 spiro atoms. The topological polar surface area (TPSA) is 83.0 Å². The van der Waals surface area contributed by atoms with Gasteiger partial charge in [-0.05, 0) is 81.3 Å². The number of aryl methyl sites for hydroxylation is 2. The summed E-state index contributed by atoms with van der Waals surface area (Å²) in [5.74, 6) is 0.459. The molecule has 3 aromatic rings. The summed E-state index contributed by atoms with van der Waals surface area (Å²) in [7, 11) is 0. The Morgan fingerprint density at radius 3 is 2.54 bits per heavy atom. The average molecular weight is 546 g/mol. The summed E-state index contributed by atoms with van der Waals surface area (Å²) >= 11 is 1.59. The van der Waals surface area contributed by atoms with Crippen molar-refractivity contribution in [1.29, 1.82) is 0 Å². The largest absolute Gasteiger partial charge is 0.488 e. The van der Waals surface area contributed by atoms with Gasteiger partial charge >= 0.3 is 5.97 Å². The van der Waals surface area contributed by atoms with E-state index in [0.717, 1.165) is 96.3 Å². The highest BCUT2D eigenvalue weighted by atomic mass is 32.1. The summed E-state index contributed by atoms with van der Waals surface area (Å²) in [5, 5.41) is 12.6. The van der Waals surface area contributed by atoms with Crippen LogP contribution < -0.4 is 9.64 Å². The number of likely N-dealkylation sites (tertiary alicyclic amines) is 1. The standard InChI is InChI=1S/C31H35N3O4S/c1-20-6-9-27(38-18-23-8-7-22(15-21(23)2)28(35)33-12-4-3-5-13-33)25(14-20)26-19-39-30(32-26)34-16-24(17-34)31(10-11-31)29(36)37/h6-9,14-15,19,24H,3-5,10-13,16-18H2,1-2H3,(H,36,37). The number of anilines is 1. The molecular formula is C31H35N3O4S. The number of hydrogen-bond acceptors (Lipinski definition) is 6. The molecule has 0 atom stereocenters. The molecule has 6 rings (SSSR count). The molecule has 1 saturated carbocycles. The Labute approximate surface area is 233 Å². The van der Waals surface area contributed by atoms with Crippen LogP contribution in [0.4, 0.5) is 5.13 Å². The van der Waals surface area contributed by atoms with Crippen molar-refractivity contribution in [3.8, 4) is 17.0 Å². The monoisotopic (exact) mass is 545 g/mol. The predicted octanol–water partition coefficient (Wildman–Crippen LogP) is 5.93. The quantitative estimate of drug-likeness (QED) is 0.378. The molecule has 2 aliphatic heterocycles. The van der Waals surface area contributed by atoms with E-state index >= 15 is 0 Å². The third-order valence-electron chi connectivity index (χ3n) is 8.67. The normalized spacial score (nSPS) is 18.5. The number of piperidine rings is 1. The minimum absolute atomic E-state index is 0.120. The zero-order valence-electron chi connectivity index (χ0n) is 22.6. The maximum atomic E-state index is 12.9. The molecule has 204 valence electrons. The van der Waals surface area contributed by atoms with E-state index in [1.54, 1.807) is 11.3 Å². The summed E-state index contributed by atoms with van der Waals surface area (Å²) in [6.07, 6.45) is 4.96. The molecule has 2 saturated heterocycles. The van der Waals surface area contributed by atoms with Gasteiger partial charge in [0, 0.05) is 48.6 Å². The number of aromatic nitrogens is 1. The van der Waals surface area contributed by atoms with Gasteiger partial charge in [0.05, 0.1) is 11.1 Å². The lowest BCUT2D eigenvalue weighted by Crippen LogP contribution is -2.52. The van der Waals surface area contributed by atoms with E-state index in [2.05, 4.69) is 23.3 Å². The van der Waals surface area contributed by atoms with E-state index in [-0.39, 0.29) is 11.8 Å². The lowest BCUT2D eigenvalue weighted by atomic mass is 9.83. The Kier molecular flexibility index (Phi) is 6.83. The van der Waals surface area contributed by atoms with Crippen LogP contribution in [0.2, 0.25) is 0 Å². The molecule has 0 unspecified atom stereocenters. The zero-order valence-corrected chi connectivity index (χ0v) is 23.4. The van der Waals surface area contributed by atoms with Gasteiger partial charge in [0.15, 0.2) is 5.13 Å². The minimum Gasteiger partial charge on any atom is -0.488 e. The van der Waals surface area contributed by atoms with E-state index in [1.807, 2.05) is 42.2 Å². The van der Waals surface area contributed by atoms with Gasteiger partial charge in [-0.2, -0.15) is 0 Å². The maximum Gasteiger partial charge on any atom is 0.310 e.